The van der Waals surface area contributed by atoms with Gasteiger partial charge in [0.1, 0.15) is 5.00 Å². The van der Waals surface area contributed by atoms with Gasteiger partial charge in [0, 0.05) is 15.4 Å². The number of fused-ring (bicyclic) bond motifs is 1. The van der Waals surface area contributed by atoms with Gasteiger partial charge in [-0.25, -0.2) is 4.79 Å². The van der Waals surface area contributed by atoms with Gasteiger partial charge in [0.05, 0.1) is 12.2 Å². The molecule has 1 N–H and O–H groups in total. The summed E-state index contributed by atoms with van der Waals surface area (Å²) in [7, 11) is 0. The molecule has 1 amide bonds. The van der Waals surface area contributed by atoms with E-state index in [4.69, 9.17) is 4.74 Å². The highest BCUT2D eigenvalue weighted by Crippen LogP contribution is 2.38. The molecule has 142 valence electrons. The van der Waals surface area contributed by atoms with Gasteiger partial charge in [-0.3, -0.25) is 4.79 Å². The SMILES string of the molecule is CCOC(=O)c1c(NC(=O)/C=C/c2ccc(Br)cc2)sc2c1CCCCC2. The summed E-state index contributed by atoms with van der Waals surface area (Å²) in [6.07, 6.45) is 8.41. The van der Waals surface area contributed by atoms with Crippen molar-refractivity contribution in [1.82, 2.24) is 0 Å². The Morgan fingerprint density at radius 3 is 2.67 bits per heavy atom. The van der Waals surface area contributed by atoms with E-state index in [9.17, 15) is 9.59 Å². The molecule has 3 rings (SSSR count). The lowest BCUT2D eigenvalue weighted by Crippen LogP contribution is -2.13. The van der Waals surface area contributed by atoms with Crippen molar-refractivity contribution in [2.75, 3.05) is 11.9 Å². The van der Waals surface area contributed by atoms with Gasteiger partial charge in [0.25, 0.3) is 0 Å². The molecule has 1 aromatic carbocycles. The van der Waals surface area contributed by atoms with Gasteiger partial charge in [-0.15, -0.1) is 11.3 Å². The summed E-state index contributed by atoms with van der Waals surface area (Å²) in [5.41, 5.74) is 2.54. The number of thiophene rings is 1. The van der Waals surface area contributed by atoms with Gasteiger partial charge < -0.3 is 10.1 Å². The van der Waals surface area contributed by atoms with Crippen LogP contribution in [0.2, 0.25) is 0 Å². The van der Waals surface area contributed by atoms with Crippen molar-refractivity contribution >= 4 is 50.2 Å². The molecule has 0 radical (unpaired) electrons. The van der Waals surface area contributed by atoms with Gasteiger partial charge in [0.15, 0.2) is 0 Å². The summed E-state index contributed by atoms with van der Waals surface area (Å²) in [4.78, 5) is 26.1. The molecule has 1 aliphatic rings. The first-order valence-electron chi connectivity index (χ1n) is 9.14. The van der Waals surface area contributed by atoms with E-state index in [0.717, 1.165) is 41.3 Å². The third-order valence-corrected chi connectivity index (χ3v) is 6.17. The second kappa shape index (κ2) is 9.33. The van der Waals surface area contributed by atoms with Crippen LogP contribution < -0.4 is 5.32 Å². The van der Waals surface area contributed by atoms with E-state index in [2.05, 4.69) is 21.2 Å². The minimum Gasteiger partial charge on any atom is -0.462 e. The summed E-state index contributed by atoms with van der Waals surface area (Å²) in [5, 5.41) is 3.49. The largest absolute Gasteiger partial charge is 0.462 e. The maximum atomic E-state index is 12.5. The van der Waals surface area contributed by atoms with Crippen LogP contribution in [0.1, 0.15) is 52.5 Å². The van der Waals surface area contributed by atoms with Crippen molar-refractivity contribution in [3.8, 4) is 0 Å². The first-order chi connectivity index (χ1) is 13.1. The number of amides is 1. The first-order valence-corrected chi connectivity index (χ1v) is 10.8. The molecule has 27 heavy (non-hydrogen) atoms. The molecule has 1 heterocycles. The Bertz CT molecular complexity index is 855. The average molecular weight is 448 g/mol. The number of carbonyl (C=O) groups is 2. The summed E-state index contributed by atoms with van der Waals surface area (Å²) < 4.78 is 6.24. The maximum absolute atomic E-state index is 12.5. The van der Waals surface area contributed by atoms with Gasteiger partial charge in [-0.2, -0.15) is 0 Å². The molecule has 1 aromatic heterocycles. The Hall–Kier alpha value is -1.92. The number of halogens is 1. The van der Waals surface area contributed by atoms with E-state index < -0.39 is 0 Å². The van der Waals surface area contributed by atoms with Gasteiger partial charge in [-0.05, 0) is 61.9 Å². The minimum atomic E-state index is -0.343. The van der Waals surface area contributed by atoms with Crippen molar-refractivity contribution in [2.24, 2.45) is 0 Å². The average Bonchev–Trinajstić information content (AvgIpc) is 2.82. The quantitative estimate of drug-likeness (QED) is 0.368. The van der Waals surface area contributed by atoms with Crippen LogP contribution in [0.5, 0.6) is 0 Å². The van der Waals surface area contributed by atoms with Crippen LogP contribution in [0.3, 0.4) is 0 Å². The van der Waals surface area contributed by atoms with Crippen LogP contribution in [-0.2, 0) is 22.4 Å². The van der Waals surface area contributed by atoms with E-state index in [1.54, 1.807) is 13.0 Å². The van der Waals surface area contributed by atoms with Crippen molar-refractivity contribution in [3.63, 3.8) is 0 Å². The standard InChI is InChI=1S/C21H22BrNO3S/c1-2-26-21(25)19-16-6-4-3-5-7-17(16)27-20(19)23-18(24)13-10-14-8-11-15(22)12-9-14/h8-13H,2-7H2,1H3,(H,23,24)/b13-10+. The molecular weight excluding hydrogens is 426 g/mol. The highest BCUT2D eigenvalue weighted by Gasteiger charge is 2.26. The van der Waals surface area contributed by atoms with Crippen molar-refractivity contribution in [1.29, 1.82) is 0 Å². The predicted molar refractivity (Wildman–Crippen MR) is 113 cm³/mol. The van der Waals surface area contributed by atoms with Gasteiger partial charge in [-0.1, -0.05) is 34.5 Å². The molecule has 1 aliphatic carbocycles. The zero-order valence-corrected chi connectivity index (χ0v) is 17.6. The number of hydrogen-bond donors (Lipinski definition) is 1. The van der Waals surface area contributed by atoms with E-state index in [-0.39, 0.29) is 11.9 Å². The number of nitrogens with one attached hydrogen (secondary N) is 1. The van der Waals surface area contributed by atoms with Crippen LogP contribution >= 0.6 is 27.3 Å². The van der Waals surface area contributed by atoms with Crippen LogP contribution in [0.4, 0.5) is 5.00 Å². The number of hydrogen-bond acceptors (Lipinski definition) is 4. The molecule has 0 saturated heterocycles. The van der Waals surface area contributed by atoms with Crippen LogP contribution in [0, 0.1) is 0 Å². The lowest BCUT2D eigenvalue weighted by Gasteiger charge is -2.07. The summed E-state index contributed by atoms with van der Waals surface area (Å²) in [6, 6.07) is 7.69. The molecule has 0 bridgehead atoms. The summed E-state index contributed by atoms with van der Waals surface area (Å²) in [6.45, 7) is 2.11. The normalized spacial score (nSPS) is 13.9. The predicted octanol–water partition coefficient (Wildman–Crippen LogP) is 5.61. The number of rotatable bonds is 5. The number of carbonyl (C=O) groups excluding carboxylic acids is 2. The molecule has 0 spiro atoms. The zero-order valence-electron chi connectivity index (χ0n) is 15.2. The molecule has 0 saturated carbocycles. The Labute approximate surface area is 171 Å². The maximum Gasteiger partial charge on any atom is 0.341 e. The lowest BCUT2D eigenvalue weighted by atomic mass is 10.1. The molecule has 4 nitrogen and oxygen atoms in total. The zero-order chi connectivity index (χ0) is 19.2. The minimum absolute atomic E-state index is 0.250. The van der Waals surface area contributed by atoms with E-state index in [0.29, 0.717) is 17.2 Å². The van der Waals surface area contributed by atoms with E-state index in [1.807, 2.05) is 24.3 Å². The number of anilines is 1. The van der Waals surface area contributed by atoms with E-state index >= 15 is 0 Å². The highest BCUT2D eigenvalue weighted by atomic mass is 79.9. The Morgan fingerprint density at radius 1 is 1.19 bits per heavy atom. The van der Waals surface area contributed by atoms with E-state index in [1.165, 1.54) is 28.7 Å². The fourth-order valence-corrected chi connectivity index (χ4v) is 4.69. The highest BCUT2D eigenvalue weighted by molar-refractivity contribution is 9.10. The Balaban J connectivity index is 1.81. The second-order valence-electron chi connectivity index (χ2n) is 6.36. The smallest absolute Gasteiger partial charge is 0.341 e. The number of benzene rings is 1. The second-order valence-corrected chi connectivity index (χ2v) is 8.38. The van der Waals surface area contributed by atoms with Crippen molar-refractivity contribution < 1.29 is 14.3 Å². The van der Waals surface area contributed by atoms with Crippen molar-refractivity contribution in [2.45, 2.75) is 39.0 Å². The van der Waals surface area contributed by atoms with Crippen LogP contribution in [0.15, 0.2) is 34.8 Å². The first kappa shape index (κ1) is 19.8. The Morgan fingerprint density at radius 2 is 1.93 bits per heavy atom. The monoisotopic (exact) mass is 447 g/mol. The summed E-state index contributed by atoms with van der Waals surface area (Å²) in [5.74, 6) is -0.594. The molecule has 6 heteroatoms. The fraction of sp³-hybridized carbons (Fsp3) is 0.333. The van der Waals surface area contributed by atoms with Crippen LogP contribution in [-0.4, -0.2) is 18.5 Å². The number of esters is 1. The molecule has 2 aromatic rings. The lowest BCUT2D eigenvalue weighted by molar-refractivity contribution is -0.111. The topological polar surface area (TPSA) is 55.4 Å². The molecule has 0 unspecified atom stereocenters. The number of aryl methyl sites for hydroxylation is 1. The Kier molecular flexibility index (Phi) is 6.85. The molecular formula is C21H22BrNO3S. The number of ether oxygens (including phenoxy) is 1. The third-order valence-electron chi connectivity index (χ3n) is 4.43. The summed E-state index contributed by atoms with van der Waals surface area (Å²) >= 11 is 4.90. The van der Waals surface area contributed by atoms with Gasteiger partial charge in [0.2, 0.25) is 5.91 Å². The molecule has 0 fully saturated rings. The fourth-order valence-electron chi connectivity index (χ4n) is 3.15. The molecule has 0 atom stereocenters. The van der Waals surface area contributed by atoms with Crippen molar-refractivity contribution in [3.05, 3.63) is 56.4 Å². The van der Waals surface area contributed by atoms with Crippen LogP contribution in [0.25, 0.3) is 6.08 Å². The molecule has 0 aliphatic heterocycles. The van der Waals surface area contributed by atoms with Gasteiger partial charge >= 0.3 is 5.97 Å². The third kappa shape index (κ3) is 5.08.